The molecular formula is C24H16F4N6O3. The van der Waals surface area contributed by atoms with Crippen molar-refractivity contribution in [1.29, 1.82) is 0 Å². The molecule has 0 unspecified atom stereocenters. The zero-order valence-corrected chi connectivity index (χ0v) is 18.7. The van der Waals surface area contributed by atoms with E-state index >= 15 is 4.39 Å². The largest absolute Gasteiger partial charge is 0.486 e. The van der Waals surface area contributed by atoms with Crippen LogP contribution in [0.1, 0.15) is 5.56 Å². The Balaban J connectivity index is 1.42. The lowest BCUT2D eigenvalue weighted by atomic mass is 10.1. The van der Waals surface area contributed by atoms with Gasteiger partial charge in [0.1, 0.15) is 12.7 Å². The van der Waals surface area contributed by atoms with Crippen LogP contribution in [0.15, 0.2) is 59.7 Å². The molecule has 1 aliphatic rings. The molecule has 2 N–H and O–H groups in total. The van der Waals surface area contributed by atoms with Crippen molar-refractivity contribution in [2.24, 2.45) is 0 Å². The van der Waals surface area contributed by atoms with E-state index in [2.05, 4.69) is 25.5 Å². The maximum atomic E-state index is 15.1. The third-order valence-corrected chi connectivity index (χ3v) is 5.90. The Hall–Kier alpha value is -4.68. The Kier molecular flexibility index (Phi) is 5.21. The number of fused-ring (bicyclic) bond motifs is 4. The molecule has 2 aromatic carbocycles. The highest BCUT2D eigenvalue weighted by Crippen LogP contribution is 2.34. The molecule has 1 aliphatic heterocycles. The maximum Gasteiger partial charge on any atom is 0.419 e. The first-order valence-corrected chi connectivity index (χ1v) is 11.0. The Labute approximate surface area is 204 Å². The van der Waals surface area contributed by atoms with E-state index in [4.69, 9.17) is 9.47 Å². The smallest absolute Gasteiger partial charge is 0.419 e. The van der Waals surface area contributed by atoms with Crippen LogP contribution >= 0.6 is 0 Å². The van der Waals surface area contributed by atoms with Gasteiger partial charge in [-0.05, 0) is 24.3 Å². The van der Waals surface area contributed by atoms with Gasteiger partial charge in [-0.2, -0.15) is 23.3 Å². The number of hydrogen-bond acceptors (Lipinski definition) is 7. The molecule has 3 aromatic heterocycles. The standard InChI is InChI=1S/C24H16F4N6O3/c25-19-15(24(26,27)28)4-3-5-16(19)34-21-13(20-14(22(34)35)10-31-33-20)9-30-23(32-21)29-8-12-11-36-17-6-1-2-7-18(17)37-12/h1-7,9-10,12H,8,11H2,(H,31,33)(H,29,30,32)/t12-/m0/s1. The lowest BCUT2D eigenvalue weighted by molar-refractivity contribution is -0.140. The molecule has 188 valence electrons. The van der Waals surface area contributed by atoms with E-state index in [0.29, 0.717) is 17.6 Å². The topological polar surface area (TPSA) is 107 Å². The molecule has 37 heavy (non-hydrogen) atoms. The van der Waals surface area contributed by atoms with Crippen LogP contribution in [0.4, 0.5) is 23.5 Å². The van der Waals surface area contributed by atoms with Crippen molar-refractivity contribution in [3.05, 3.63) is 76.6 Å². The number of aromatic amines is 1. The number of hydrogen-bond donors (Lipinski definition) is 2. The summed E-state index contributed by atoms with van der Waals surface area (Å²) in [4.78, 5) is 21.9. The van der Waals surface area contributed by atoms with Gasteiger partial charge in [-0.3, -0.25) is 14.5 Å². The first kappa shape index (κ1) is 22.8. The lowest BCUT2D eigenvalue weighted by Gasteiger charge is -2.26. The Bertz CT molecular complexity index is 1720. The number of ether oxygens (including phenoxy) is 2. The molecule has 6 rings (SSSR count). The minimum Gasteiger partial charge on any atom is -0.486 e. The summed E-state index contributed by atoms with van der Waals surface area (Å²) in [6.07, 6.45) is -2.77. The highest BCUT2D eigenvalue weighted by atomic mass is 19.4. The number of H-pyrrole nitrogens is 1. The molecular weight excluding hydrogens is 496 g/mol. The van der Waals surface area contributed by atoms with Gasteiger partial charge in [0.05, 0.1) is 40.3 Å². The molecule has 0 bridgehead atoms. The number of nitrogens with one attached hydrogen (secondary N) is 2. The summed E-state index contributed by atoms with van der Waals surface area (Å²) in [5.74, 6) is -0.345. The summed E-state index contributed by atoms with van der Waals surface area (Å²) in [5.41, 5.74) is -2.73. The fourth-order valence-corrected chi connectivity index (χ4v) is 4.18. The van der Waals surface area contributed by atoms with Crippen LogP contribution < -0.4 is 20.3 Å². The van der Waals surface area contributed by atoms with Gasteiger partial charge in [0.2, 0.25) is 5.95 Å². The number of rotatable bonds is 4. The van der Waals surface area contributed by atoms with Gasteiger partial charge < -0.3 is 14.8 Å². The van der Waals surface area contributed by atoms with Crippen molar-refractivity contribution >= 4 is 27.9 Å². The van der Waals surface area contributed by atoms with Crippen molar-refractivity contribution in [3.8, 4) is 17.2 Å². The molecule has 13 heteroatoms. The van der Waals surface area contributed by atoms with Crippen molar-refractivity contribution in [3.63, 3.8) is 0 Å². The number of pyridine rings is 1. The highest BCUT2D eigenvalue weighted by molar-refractivity contribution is 6.02. The summed E-state index contributed by atoms with van der Waals surface area (Å²) in [7, 11) is 0. The van der Waals surface area contributed by atoms with Crippen LogP contribution in [-0.4, -0.2) is 44.0 Å². The number of benzene rings is 2. The van der Waals surface area contributed by atoms with Gasteiger partial charge in [0.15, 0.2) is 23.0 Å². The van der Waals surface area contributed by atoms with Gasteiger partial charge in [-0.15, -0.1) is 0 Å². The van der Waals surface area contributed by atoms with Gasteiger partial charge in [-0.25, -0.2) is 9.37 Å². The van der Waals surface area contributed by atoms with Crippen LogP contribution in [0, 0.1) is 5.82 Å². The molecule has 0 saturated heterocycles. The molecule has 4 heterocycles. The van der Waals surface area contributed by atoms with Gasteiger partial charge in [0, 0.05) is 6.20 Å². The third kappa shape index (κ3) is 3.88. The van der Waals surface area contributed by atoms with Crippen molar-refractivity contribution < 1.29 is 27.0 Å². The molecule has 9 nitrogen and oxygen atoms in total. The Morgan fingerprint density at radius 2 is 1.89 bits per heavy atom. The number of para-hydroxylation sites is 2. The second-order valence-corrected chi connectivity index (χ2v) is 8.25. The van der Waals surface area contributed by atoms with E-state index in [-0.39, 0.29) is 41.0 Å². The van der Waals surface area contributed by atoms with Crippen molar-refractivity contribution in [2.45, 2.75) is 12.3 Å². The average Bonchev–Trinajstić information content (AvgIpc) is 3.38. The van der Waals surface area contributed by atoms with Crippen molar-refractivity contribution in [2.75, 3.05) is 18.5 Å². The third-order valence-electron chi connectivity index (χ3n) is 5.90. The molecule has 0 fully saturated rings. The minimum absolute atomic E-state index is 0.0417. The van der Waals surface area contributed by atoms with Gasteiger partial charge in [-0.1, -0.05) is 18.2 Å². The predicted octanol–water partition coefficient (Wildman–Crippen LogP) is 4.07. The molecule has 5 aromatic rings. The SMILES string of the molecule is O=c1c2cn[nH]c2c2cnc(NC[C@H]3COc4ccccc4O3)nc2n1-c1cccc(C(F)(F)F)c1F. The number of anilines is 1. The van der Waals surface area contributed by atoms with Gasteiger partial charge in [0.25, 0.3) is 5.56 Å². The first-order valence-electron chi connectivity index (χ1n) is 11.0. The van der Waals surface area contributed by atoms with E-state index < -0.39 is 34.9 Å². The average molecular weight is 512 g/mol. The molecule has 0 aliphatic carbocycles. The van der Waals surface area contributed by atoms with Crippen LogP contribution in [0.3, 0.4) is 0 Å². The maximum absolute atomic E-state index is 15.1. The van der Waals surface area contributed by atoms with Crippen LogP contribution in [0.25, 0.3) is 27.6 Å². The van der Waals surface area contributed by atoms with E-state index in [0.717, 1.165) is 16.7 Å². The summed E-state index contributed by atoms with van der Waals surface area (Å²) >= 11 is 0. The molecule has 0 spiro atoms. The number of halogens is 4. The van der Waals surface area contributed by atoms with Crippen LogP contribution in [0.2, 0.25) is 0 Å². The molecule has 0 radical (unpaired) electrons. The summed E-state index contributed by atoms with van der Waals surface area (Å²) in [6, 6.07) is 9.91. The highest BCUT2D eigenvalue weighted by Gasteiger charge is 2.35. The quantitative estimate of drug-likeness (QED) is 0.350. The van der Waals surface area contributed by atoms with E-state index in [1.807, 2.05) is 12.1 Å². The summed E-state index contributed by atoms with van der Waals surface area (Å²) < 4.78 is 67.7. The number of aromatic nitrogens is 5. The van der Waals surface area contributed by atoms with Crippen LogP contribution in [-0.2, 0) is 6.18 Å². The fraction of sp³-hybridized carbons (Fsp3) is 0.167. The number of alkyl halides is 3. The molecule has 0 amide bonds. The Morgan fingerprint density at radius 3 is 2.70 bits per heavy atom. The second-order valence-electron chi connectivity index (χ2n) is 8.25. The first-order chi connectivity index (χ1) is 17.8. The summed E-state index contributed by atoms with van der Waals surface area (Å²) in [6.45, 7) is 0.473. The Morgan fingerprint density at radius 1 is 1.08 bits per heavy atom. The summed E-state index contributed by atoms with van der Waals surface area (Å²) in [5, 5.41) is 9.81. The van der Waals surface area contributed by atoms with Crippen LogP contribution in [0.5, 0.6) is 11.5 Å². The lowest BCUT2D eigenvalue weighted by Crippen LogP contribution is -2.35. The zero-order valence-electron chi connectivity index (χ0n) is 18.7. The monoisotopic (exact) mass is 512 g/mol. The fourth-order valence-electron chi connectivity index (χ4n) is 4.18. The van der Waals surface area contributed by atoms with E-state index in [9.17, 15) is 18.0 Å². The normalized spacial score (nSPS) is 15.3. The molecule has 1 atom stereocenters. The van der Waals surface area contributed by atoms with E-state index in [1.54, 1.807) is 12.1 Å². The van der Waals surface area contributed by atoms with E-state index in [1.165, 1.54) is 12.4 Å². The zero-order chi connectivity index (χ0) is 25.7. The molecule has 0 saturated carbocycles. The minimum atomic E-state index is -4.96. The number of nitrogens with zero attached hydrogens (tertiary/aromatic N) is 4. The van der Waals surface area contributed by atoms with Gasteiger partial charge >= 0.3 is 6.18 Å². The predicted molar refractivity (Wildman–Crippen MR) is 125 cm³/mol. The second kappa shape index (κ2) is 8.47. The van der Waals surface area contributed by atoms with Crippen molar-refractivity contribution in [1.82, 2.24) is 24.7 Å².